The summed E-state index contributed by atoms with van der Waals surface area (Å²) in [6, 6.07) is 6.09. The van der Waals surface area contributed by atoms with Crippen molar-refractivity contribution >= 4 is 17.8 Å². The van der Waals surface area contributed by atoms with Crippen molar-refractivity contribution < 1.29 is 43.5 Å². The number of carbonyl (C=O) groups is 3. The zero-order valence-corrected chi connectivity index (χ0v) is 26.5. The fraction of sp³-hybridized carbons (Fsp3) is 0.727. The van der Waals surface area contributed by atoms with Gasteiger partial charge < -0.3 is 30.0 Å². The van der Waals surface area contributed by atoms with Gasteiger partial charge in [-0.25, -0.2) is 9.78 Å². The number of hydrogen-bond donors (Lipinski definition) is 3. The summed E-state index contributed by atoms with van der Waals surface area (Å²) in [4.78, 5) is 50.7. The first-order chi connectivity index (χ1) is 20.9. The van der Waals surface area contributed by atoms with E-state index in [0.717, 1.165) is 24.8 Å². The van der Waals surface area contributed by atoms with Crippen LogP contribution >= 0.6 is 0 Å². The number of aromatic hydroxyl groups is 1. The van der Waals surface area contributed by atoms with Crippen molar-refractivity contribution in [3.8, 4) is 5.75 Å². The summed E-state index contributed by atoms with van der Waals surface area (Å²) in [5.41, 5.74) is 0.231. The minimum atomic E-state index is -0.922. The van der Waals surface area contributed by atoms with Crippen molar-refractivity contribution in [2.45, 2.75) is 116 Å². The van der Waals surface area contributed by atoms with Crippen LogP contribution in [0.3, 0.4) is 0 Å². The lowest BCUT2D eigenvalue weighted by Gasteiger charge is -2.59. The Labute approximate surface area is 259 Å². The lowest BCUT2D eigenvalue weighted by atomic mass is 9.58. The zero-order valence-electron chi connectivity index (χ0n) is 26.5. The molecule has 0 radical (unpaired) electrons. The molecular weight excluding hydrogens is 568 g/mol. The van der Waals surface area contributed by atoms with Crippen LogP contribution in [0.15, 0.2) is 24.3 Å². The van der Waals surface area contributed by atoms with Crippen LogP contribution in [0.5, 0.6) is 5.75 Å². The molecule has 4 aliphatic heterocycles. The molecule has 1 saturated carbocycles. The van der Waals surface area contributed by atoms with Crippen LogP contribution in [0.4, 0.5) is 0 Å². The van der Waals surface area contributed by atoms with Crippen LogP contribution in [0.25, 0.3) is 0 Å². The van der Waals surface area contributed by atoms with E-state index in [2.05, 4.69) is 17.6 Å². The standard InChI is InChI=1S/C33H48N2O9/c1-19(2)18-26(29(39)34-17-15-22-7-9-23(36)10-8-22)35-27(37)12-13-28(38)40-30-21(4)25-11-6-20(3)24-14-16-32(5)42-31(41-30)33(24,25)44-43-32/h7-10,19-21,24-26,30-31,36H,6,11-18H2,1-5H3,(H,34,39)(H,35,37)/t20-,21-,24+,25+,26+,30-,31-,32+,33-/m1/s1. The van der Waals surface area contributed by atoms with Gasteiger partial charge in [-0.3, -0.25) is 14.4 Å². The van der Waals surface area contributed by atoms with E-state index in [1.165, 1.54) is 0 Å². The van der Waals surface area contributed by atoms with E-state index < -0.39 is 41.9 Å². The van der Waals surface area contributed by atoms with Gasteiger partial charge in [0.05, 0.1) is 6.42 Å². The third-order valence-corrected chi connectivity index (χ3v) is 9.91. The number of amides is 2. The molecule has 3 N–H and O–H groups in total. The number of hydrogen-bond acceptors (Lipinski definition) is 9. The van der Waals surface area contributed by atoms with Gasteiger partial charge in [0.2, 0.25) is 23.9 Å². The second-order valence-corrected chi connectivity index (χ2v) is 13.7. The Morgan fingerprint density at radius 3 is 2.52 bits per heavy atom. The minimum absolute atomic E-state index is 0.0237. The van der Waals surface area contributed by atoms with Crippen LogP contribution in [0.1, 0.15) is 85.1 Å². The molecule has 1 spiro atoms. The fourth-order valence-electron chi connectivity index (χ4n) is 7.50. The maximum Gasteiger partial charge on any atom is 0.308 e. The molecule has 1 aromatic rings. The van der Waals surface area contributed by atoms with Crippen molar-refractivity contribution in [3.05, 3.63) is 29.8 Å². The number of phenolic OH excluding ortho intramolecular Hbond substituents is 1. The minimum Gasteiger partial charge on any atom is -0.508 e. The maximum atomic E-state index is 13.0. The summed E-state index contributed by atoms with van der Waals surface area (Å²) in [5, 5.41) is 15.1. The van der Waals surface area contributed by atoms with Gasteiger partial charge >= 0.3 is 5.97 Å². The maximum absolute atomic E-state index is 13.0. The molecule has 5 aliphatic rings. The second kappa shape index (κ2) is 13.3. The lowest BCUT2D eigenvalue weighted by molar-refractivity contribution is -0.576. The SMILES string of the molecule is CC(C)C[C@H](NC(=O)CCC(=O)O[C@@H]1O[C@@H]2O[C@]3(C)CC[C@H]4[C@H](C)CC[C@@H]([C@H]1C)[C@@]24OO3)C(=O)NCCc1ccc(O)cc1. The fourth-order valence-corrected chi connectivity index (χ4v) is 7.50. The topological polar surface area (TPSA) is 142 Å². The number of ether oxygens (including phenoxy) is 3. The van der Waals surface area contributed by atoms with Crippen LogP contribution < -0.4 is 10.6 Å². The smallest absolute Gasteiger partial charge is 0.308 e. The zero-order chi connectivity index (χ0) is 31.6. The predicted octanol–water partition coefficient (Wildman–Crippen LogP) is 4.11. The van der Waals surface area contributed by atoms with Crippen molar-refractivity contribution in [1.82, 2.24) is 10.6 Å². The average molecular weight is 617 g/mol. The molecule has 1 aliphatic carbocycles. The predicted molar refractivity (Wildman–Crippen MR) is 158 cm³/mol. The first-order valence-corrected chi connectivity index (χ1v) is 16.1. The molecule has 0 aromatic heterocycles. The van der Waals surface area contributed by atoms with Gasteiger partial charge in [-0.1, -0.05) is 39.8 Å². The number of rotatable bonds is 11. The van der Waals surface area contributed by atoms with Crippen molar-refractivity contribution in [3.63, 3.8) is 0 Å². The number of carbonyl (C=O) groups excluding carboxylic acids is 3. The number of nitrogens with one attached hydrogen (secondary N) is 2. The van der Waals surface area contributed by atoms with Gasteiger partial charge in [0.15, 0.2) is 11.9 Å². The van der Waals surface area contributed by atoms with E-state index in [9.17, 15) is 19.5 Å². The van der Waals surface area contributed by atoms with Gasteiger partial charge in [0.1, 0.15) is 11.8 Å². The molecule has 1 aromatic carbocycles. The number of fused-ring (bicyclic) bond motifs is 2. The van der Waals surface area contributed by atoms with Gasteiger partial charge in [-0.15, -0.1) is 0 Å². The highest BCUT2D eigenvalue weighted by Gasteiger charge is 2.69. The molecule has 11 heteroatoms. The highest BCUT2D eigenvalue weighted by Crippen LogP contribution is 2.60. The Balaban J connectivity index is 1.13. The first kappa shape index (κ1) is 32.7. The molecular formula is C33H48N2O9. The van der Waals surface area contributed by atoms with E-state index in [1.807, 2.05) is 27.7 Å². The summed E-state index contributed by atoms with van der Waals surface area (Å²) < 4.78 is 18.4. The molecule has 5 fully saturated rings. The highest BCUT2D eigenvalue weighted by molar-refractivity contribution is 5.88. The summed E-state index contributed by atoms with van der Waals surface area (Å²) in [6.45, 7) is 10.4. The molecule has 244 valence electrons. The second-order valence-electron chi connectivity index (χ2n) is 13.7. The summed E-state index contributed by atoms with van der Waals surface area (Å²) >= 11 is 0. The number of esters is 1. The Kier molecular flexibility index (Phi) is 9.89. The molecule has 4 saturated heterocycles. The lowest BCUT2D eigenvalue weighted by Crippen LogP contribution is -2.70. The molecule has 4 heterocycles. The van der Waals surface area contributed by atoms with Gasteiger partial charge in [0.25, 0.3) is 0 Å². The average Bonchev–Trinajstić information content (AvgIpc) is 3.20. The van der Waals surface area contributed by atoms with Gasteiger partial charge in [-0.05, 0) is 74.5 Å². The van der Waals surface area contributed by atoms with Crippen LogP contribution in [-0.2, 0) is 44.8 Å². The van der Waals surface area contributed by atoms with Crippen molar-refractivity contribution in [2.24, 2.45) is 29.6 Å². The third-order valence-electron chi connectivity index (χ3n) is 9.91. The third kappa shape index (κ3) is 6.90. The van der Waals surface area contributed by atoms with Crippen LogP contribution in [0, 0.1) is 29.6 Å². The van der Waals surface area contributed by atoms with E-state index in [4.69, 9.17) is 24.0 Å². The number of benzene rings is 1. The Morgan fingerprint density at radius 1 is 1.05 bits per heavy atom. The Bertz CT molecular complexity index is 1190. The normalized spacial score (nSPS) is 34.9. The Morgan fingerprint density at radius 2 is 1.80 bits per heavy atom. The largest absolute Gasteiger partial charge is 0.508 e. The molecule has 9 atom stereocenters. The van der Waals surface area contributed by atoms with Gasteiger partial charge in [0, 0.05) is 31.2 Å². The van der Waals surface area contributed by atoms with Crippen LogP contribution in [0.2, 0.25) is 0 Å². The van der Waals surface area contributed by atoms with E-state index in [-0.39, 0.29) is 48.2 Å². The van der Waals surface area contributed by atoms with Crippen molar-refractivity contribution in [1.29, 1.82) is 0 Å². The Hall–Kier alpha value is -2.73. The summed E-state index contributed by atoms with van der Waals surface area (Å²) in [7, 11) is 0. The molecule has 11 nitrogen and oxygen atoms in total. The summed E-state index contributed by atoms with van der Waals surface area (Å²) in [6.07, 6.45) is 2.77. The summed E-state index contributed by atoms with van der Waals surface area (Å²) in [5.74, 6) is -1.28. The molecule has 0 unspecified atom stereocenters. The molecule has 2 bridgehead atoms. The highest BCUT2D eigenvalue weighted by atomic mass is 17.3. The van der Waals surface area contributed by atoms with E-state index >= 15 is 0 Å². The first-order valence-electron chi connectivity index (χ1n) is 16.1. The molecule has 2 amide bonds. The molecule has 44 heavy (non-hydrogen) atoms. The van der Waals surface area contributed by atoms with Crippen LogP contribution in [-0.4, -0.2) is 59.4 Å². The van der Waals surface area contributed by atoms with Crippen molar-refractivity contribution in [2.75, 3.05) is 6.54 Å². The molecule has 6 rings (SSSR count). The quantitative estimate of drug-likeness (QED) is 0.247. The number of phenols is 1. The monoisotopic (exact) mass is 616 g/mol. The van der Waals surface area contributed by atoms with E-state index in [1.54, 1.807) is 24.3 Å². The van der Waals surface area contributed by atoms with Gasteiger partial charge in [-0.2, -0.15) is 0 Å². The van der Waals surface area contributed by atoms with E-state index in [0.29, 0.717) is 31.7 Å².